The van der Waals surface area contributed by atoms with Crippen molar-refractivity contribution in [1.29, 1.82) is 0 Å². The van der Waals surface area contributed by atoms with Crippen molar-refractivity contribution in [3.8, 4) is 5.69 Å². The smallest absolute Gasteiger partial charge is 0.251 e. The third kappa shape index (κ3) is 4.85. The van der Waals surface area contributed by atoms with E-state index in [4.69, 9.17) is 0 Å². The molecule has 0 aliphatic carbocycles. The summed E-state index contributed by atoms with van der Waals surface area (Å²) in [5.41, 5.74) is 3.69. The summed E-state index contributed by atoms with van der Waals surface area (Å²) < 4.78 is 1.80. The van der Waals surface area contributed by atoms with Gasteiger partial charge in [-0.2, -0.15) is 0 Å². The second-order valence-electron chi connectivity index (χ2n) is 7.03. The van der Waals surface area contributed by atoms with E-state index in [1.165, 1.54) is 5.56 Å². The Labute approximate surface area is 164 Å². The van der Waals surface area contributed by atoms with Gasteiger partial charge in [0.2, 0.25) is 5.91 Å². The van der Waals surface area contributed by atoms with E-state index in [-0.39, 0.29) is 17.7 Å². The molecule has 0 unspecified atom stereocenters. The van der Waals surface area contributed by atoms with Gasteiger partial charge in [0.05, 0.1) is 6.20 Å². The van der Waals surface area contributed by atoms with Crippen LogP contribution in [0.15, 0.2) is 61.1 Å². The number of rotatable bonds is 6. The zero-order chi connectivity index (χ0) is 20.1. The van der Waals surface area contributed by atoms with Crippen molar-refractivity contribution in [3.63, 3.8) is 0 Å². The number of amides is 2. The summed E-state index contributed by atoms with van der Waals surface area (Å²) in [7, 11) is 0. The molecule has 0 aliphatic rings. The van der Waals surface area contributed by atoms with Gasteiger partial charge in [-0.25, -0.2) is 4.98 Å². The Kier molecular flexibility index (Phi) is 5.89. The third-order valence-corrected chi connectivity index (χ3v) is 4.36. The average molecular weight is 376 g/mol. The van der Waals surface area contributed by atoms with Crippen molar-refractivity contribution in [2.75, 3.05) is 5.32 Å². The molecule has 3 rings (SSSR count). The molecule has 0 bridgehead atoms. The highest BCUT2D eigenvalue weighted by molar-refractivity contribution is 5.94. The predicted molar refractivity (Wildman–Crippen MR) is 109 cm³/mol. The minimum absolute atomic E-state index is 0.0779. The molecule has 28 heavy (non-hydrogen) atoms. The number of nitrogens with zero attached hydrogens (tertiary/aromatic N) is 2. The Bertz CT molecular complexity index is 957. The number of carbonyl (C=O) groups is 2. The van der Waals surface area contributed by atoms with Gasteiger partial charge in [0, 0.05) is 23.7 Å². The fourth-order valence-electron chi connectivity index (χ4n) is 2.57. The minimum Gasteiger partial charge on any atom is -0.348 e. The summed E-state index contributed by atoms with van der Waals surface area (Å²) >= 11 is 0. The van der Waals surface area contributed by atoms with E-state index in [9.17, 15) is 9.59 Å². The first kappa shape index (κ1) is 19.4. The van der Waals surface area contributed by atoms with Gasteiger partial charge in [0.15, 0.2) is 5.82 Å². The van der Waals surface area contributed by atoms with E-state index in [0.717, 1.165) is 11.3 Å². The van der Waals surface area contributed by atoms with Crippen molar-refractivity contribution in [1.82, 2.24) is 14.9 Å². The molecular formula is C22H24N4O2. The number of hydrogen-bond acceptors (Lipinski definition) is 3. The highest BCUT2D eigenvalue weighted by atomic mass is 16.2. The number of aryl methyl sites for hydroxylation is 1. The summed E-state index contributed by atoms with van der Waals surface area (Å²) in [6.45, 7) is 6.18. The van der Waals surface area contributed by atoms with E-state index in [1.54, 1.807) is 29.2 Å². The van der Waals surface area contributed by atoms with Crippen molar-refractivity contribution in [3.05, 3.63) is 77.7 Å². The standard InChI is InChI=1S/C22H24N4O2/c1-15(2)21(27)25-20-13-26(14-24-20)19-10-8-18(9-11-19)22(28)23-12-17-6-4-16(3)5-7-17/h4-11,13-15H,12H2,1-3H3,(H,23,28)(H,25,27). The lowest BCUT2D eigenvalue weighted by molar-refractivity contribution is -0.118. The molecular weight excluding hydrogens is 352 g/mol. The van der Waals surface area contributed by atoms with Gasteiger partial charge >= 0.3 is 0 Å². The summed E-state index contributed by atoms with van der Waals surface area (Å²) in [6, 6.07) is 15.3. The van der Waals surface area contributed by atoms with Gasteiger partial charge in [-0.05, 0) is 36.8 Å². The molecule has 0 radical (unpaired) electrons. The zero-order valence-electron chi connectivity index (χ0n) is 16.3. The maximum Gasteiger partial charge on any atom is 0.251 e. The molecule has 0 saturated heterocycles. The SMILES string of the molecule is Cc1ccc(CNC(=O)c2ccc(-n3cnc(NC(=O)C(C)C)c3)cc2)cc1. The molecule has 0 aliphatic heterocycles. The van der Waals surface area contributed by atoms with Crippen molar-refractivity contribution in [2.24, 2.45) is 5.92 Å². The second-order valence-corrected chi connectivity index (χ2v) is 7.03. The first-order valence-corrected chi connectivity index (χ1v) is 9.21. The number of carbonyl (C=O) groups excluding carboxylic acids is 2. The maximum absolute atomic E-state index is 12.3. The fraction of sp³-hybridized carbons (Fsp3) is 0.227. The van der Waals surface area contributed by atoms with Crippen LogP contribution in [-0.2, 0) is 11.3 Å². The van der Waals surface area contributed by atoms with Crippen LogP contribution in [0, 0.1) is 12.8 Å². The quantitative estimate of drug-likeness (QED) is 0.689. The van der Waals surface area contributed by atoms with Crippen LogP contribution >= 0.6 is 0 Å². The van der Waals surface area contributed by atoms with Crippen LogP contribution in [0.5, 0.6) is 0 Å². The first-order valence-electron chi connectivity index (χ1n) is 9.21. The molecule has 0 fully saturated rings. The summed E-state index contributed by atoms with van der Waals surface area (Å²) in [5, 5.41) is 5.69. The van der Waals surface area contributed by atoms with Gasteiger partial charge in [0.25, 0.3) is 5.91 Å². The molecule has 2 amide bonds. The normalized spacial score (nSPS) is 10.7. The Hall–Kier alpha value is -3.41. The zero-order valence-corrected chi connectivity index (χ0v) is 16.3. The van der Waals surface area contributed by atoms with Gasteiger partial charge in [-0.15, -0.1) is 0 Å². The number of hydrogen-bond donors (Lipinski definition) is 2. The third-order valence-electron chi connectivity index (χ3n) is 4.36. The maximum atomic E-state index is 12.3. The van der Waals surface area contributed by atoms with Crippen molar-refractivity contribution >= 4 is 17.6 Å². The van der Waals surface area contributed by atoms with Crippen LogP contribution < -0.4 is 10.6 Å². The summed E-state index contributed by atoms with van der Waals surface area (Å²) in [4.78, 5) is 28.3. The van der Waals surface area contributed by atoms with E-state index in [1.807, 2.05) is 57.2 Å². The van der Waals surface area contributed by atoms with E-state index >= 15 is 0 Å². The lowest BCUT2D eigenvalue weighted by Crippen LogP contribution is -2.22. The minimum atomic E-state index is -0.123. The molecule has 3 aromatic rings. The van der Waals surface area contributed by atoms with Gasteiger partial charge < -0.3 is 15.2 Å². The molecule has 6 heteroatoms. The molecule has 0 spiro atoms. The number of nitrogens with one attached hydrogen (secondary N) is 2. The van der Waals surface area contributed by atoms with E-state index in [2.05, 4.69) is 15.6 Å². The number of imidazole rings is 1. The van der Waals surface area contributed by atoms with Gasteiger partial charge in [-0.3, -0.25) is 9.59 Å². The van der Waals surface area contributed by atoms with Gasteiger partial charge in [-0.1, -0.05) is 43.7 Å². The average Bonchev–Trinajstić information content (AvgIpc) is 3.16. The first-order chi connectivity index (χ1) is 13.4. The number of anilines is 1. The molecule has 0 atom stereocenters. The van der Waals surface area contributed by atoms with Crippen LogP contribution in [0.3, 0.4) is 0 Å². The predicted octanol–water partition coefficient (Wildman–Crippen LogP) is 3.71. The monoisotopic (exact) mass is 376 g/mol. The summed E-state index contributed by atoms with van der Waals surface area (Å²) in [5.74, 6) is 0.190. The van der Waals surface area contributed by atoms with Crippen LogP contribution in [-0.4, -0.2) is 21.4 Å². The lowest BCUT2D eigenvalue weighted by atomic mass is 10.1. The van der Waals surface area contributed by atoms with Crippen LogP contribution in [0.25, 0.3) is 5.69 Å². The molecule has 2 aromatic carbocycles. The molecule has 6 nitrogen and oxygen atoms in total. The Morgan fingerprint density at radius 3 is 2.36 bits per heavy atom. The number of benzene rings is 2. The Morgan fingerprint density at radius 1 is 1.04 bits per heavy atom. The molecule has 1 aromatic heterocycles. The fourth-order valence-corrected chi connectivity index (χ4v) is 2.57. The highest BCUT2D eigenvalue weighted by Crippen LogP contribution is 2.14. The Balaban J connectivity index is 1.61. The Morgan fingerprint density at radius 2 is 1.71 bits per heavy atom. The topological polar surface area (TPSA) is 76.0 Å². The lowest BCUT2D eigenvalue weighted by Gasteiger charge is -2.07. The highest BCUT2D eigenvalue weighted by Gasteiger charge is 2.10. The second kappa shape index (κ2) is 8.52. The largest absolute Gasteiger partial charge is 0.348 e. The van der Waals surface area contributed by atoms with Crippen LogP contribution in [0.2, 0.25) is 0 Å². The van der Waals surface area contributed by atoms with E-state index < -0.39 is 0 Å². The molecule has 144 valence electrons. The van der Waals surface area contributed by atoms with Crippen LogP contribution in [0.4, 0.5) is 5.82 Å². The van der Waals surface area contributed by atoms with Crippen LogP contribution in [0.1, 0.15) is 35.3 Å². The number of aromatic nitrogens is 2. The van der Waals surface area contributed by atoms with Gasteiger partial charge in [0.1, 0.15) is 6.33 Å². The summed E-state index contributed by atoms with van der Waals surface area (Å²) in [6.07, 6.45) is 3.37. The van der Waals surface area contributed by atoms with Crippen molar-refractivity contribution in [2.45, 2.75) is 27.3 Å². The molecule has 0 saturated carbocycles. The van der Waals surface area contributed by atoms with E-state index in [0.29, 0.717) is 17.9 Å². The molecule has 1 heterocycles. The molecule has 2 N–H and O–H groups in total. The van der Waals surface area contributed by atoms with Crippen molar-refractivity contribution < 1.29 is 9.59 Å².